The number of hydrogen-bond acceptors (Lipinski definition) is 4. The quantitative estimate of drug-likeness (QED) is 0.890. The molecular formula is C14H15ClFN3O3S. The predicted octanol–water partition coefficient (Wildman–Crippen LogP) is 2.66. The lowest BCUT2D eigenvalue weighted by Crippen LogP contribution is -2.16. The molecule has 1 atom stereocenters. The Kier molecular flexibility index (Phi) is 4.56. The number of ether oxygens (including phenoxy) is 1. The van der Waals surface area contributed by atoms with Gasteiger partial charge in [-0.15, -0.1) is 0 Å². The minimum atomic E-state index is -4.04. The summed E-state index contributed by atoms with van der Waals surface area (Å²) in [5.74, 6) is -0.906. The van der Waals surface area contributed by atoms with Gasteiger partial charge in [0.25, 0.3) is 10.0 Å². The lowest BCUT2D eigenvalue weighted by molar-refractivity contribution is 0.0940. The van der Waals surface area contributed by atoms with Gasteiger partial charge in [-0.3, -0.25) is 9.40 Å². The molecule has 9 heteroatoms. The van der Waals surface area contributed by atoms with Gasteiger partial charge in [0.1, 0.15) is 10.7 Å². The van der Waals surface area contributed by atoms with E-state index in [2.05, 4.69) is 9.82 Å². The molecule has 1 fully saturated rings. The Morgan fingerprint density at radius 2 is 2.30 bits per heavy atom. The maximum atomic E-state index is 13.8. The van der Waals surface area contributed by atoms with Crippen molar-refractivity contribution in [3.8, 4) is 0 Å². The van der Waals surface area contributed by atoms with Gasteiger partial charge in [0.15, 0.2) is 0 Å². The first-order valence-corrected chi connectivity index (χ1v) is 8.92. The summed E-state index contributed by atoms with van der Waals surface area (Å²) >= 11 is 5.63. The molecule has 2 aromatic rings. The van der Waals surface area contributed by atoms with Crippen molar-refractivity contribution in [2.24, 2.45) is 0 Å². The summed E-state index contributed by atoms with van der Waals surface area (Å²) in [7, 11) is -4.04. The third-order valence-electron chi connectivity index (χ3n) is 3.48. The number of nitrogens with zero attached hydrogens (tertiary/aromatic N) is 2. The third-order valence-corrected chi connectivity index (χ3v) is 5.13. The first-order chi connectivity index (χ1) is 10.9. The molecule has 0 spiro atoms. The summed E-state index contributed by atoms with van der Waals surface area (Å²) in [5, 5.41) is 4.22. The maximum absolute atomic E-state index is 13.8. The number of sulfonamides is 1. The molecule has 1 aliphatic heterocycles. The van der Waals surface area contributed by atoms with Crippen LogP contribution < -0.4 is 4.72 Å². The van der Waals surface area contributed by atoms with Crippen molar-refractivity contribution in [2.75, 3.05) is 11.3 Å². The highest BCUT2D eigenvalue weighted by Gasteiger charge is 2.21. The molecule has 0 amide bonds. The van der Waals surface area contributed by atoms with E-state index < -0.39 is 20.7 Å². The molecule has 0 radical (unpaired) electrons. The first kappa shape index (κ1) is 16.2. The summed E-state index contributed by atoms with van der Waals surface area (Å²) in [6.45, 7) is 1.29. The van der Waals surface area contributed by atoms with Crippen LogP contribution in [0.4, 0.5) is 10.1 Å². The van der Waals surface area contributed by atoms with Crippen molar-refractivity contribution >= 4 is 27.3 Å². The average Bonchev–Trinajstić information content (AvgIpc) is 3.10. The summed E-state index contributed by atoms with van der Waals surface area (Å²) in [5.41, 5.74) is 0.261. The van der Waals surface area contributed by atoms with Gasteiger partial charge < -0.3 is 4.74 Å². The summed E-state index contributed by atoms with van der Waals surface area (Å²) in [6, 6.07) is 3.40. The van der Waals surface area contributed by atoms with Crippen LogP contribution in [0.25, 0.3) is 0 Å². The zero-order chi connectivity index (χ0) is 16.4. The molecule has 1 aromatic heterocycles. The number of anilines is 1. The second-order valence-corrected chi connectivity index (χ2v) is 7.35. The minimum absolute atomic E-state index is 0.0908. The second kappa shape index (κ2) is 6.46. The zero-order valence-electron chi connectivity index (χ0n) is 12.1. The zero-order valence-corrected chi connectivity index (χ0v) is 13.6. The van der Waals surface area contributed by atoms with E-state index in [0.717, 1.165) is 31.6 Å². The number of hydrogen-bond donors (Lipinski definition) is 1. The Balaban J connectivity index is 1.74. The molecule has 1 aromatic carbocycles. The smallest absolute Gasteiger partial charge is 0.264 e. The number of nitrogens with one attached hydrogen (secondary N) is 1. The predicted molar refractivity (Wildman–Crippen MR) is 83.4 cm³/mol. The van der Waals surface area contributed by atoms with Gasteiger partial charge in [-0.05, 0) is 31.0 Å². The van der Waals surface area contributed by atoms with E-state index in [1.54, 1.807) is 10.9 Å². The molecule has 6 nitrogen and oxygen atoms in total. The fourth-order valence-electron chi connectivity index (χ4n) is 2.42. The highest BCUT2D eigenvalue weighted by Crippen LogP contribution is 2.22. The standard InChI is InChI=1S/C14H15ClFN3O3S/c15-10-3-4-14(13(16)6-10)23(20,21)18-11-7-17-19(8-11)9-12-2-1-5-22-12/h3-4,6-8,12,18H,1-2,5,9H2. The highest BCUT2D eigenvalue weighted by atomic mass is 35.5. The van der Waals surface area contributed by atoms with Crippen LogP contribution in [-0.2, 0) is 21.3 Å². The molecule has 23 heavy (non-hydrogen) atoms. The Labute approximate surface area is 138 Å². The molecule has 2 heterocycles. The summed E-state index contributed by atoms with van der Waals surface area (Å²) in [6.07, 6.45) is 4.99. The van der Waals surface area contributed by atoms with Crippen LogP contribution in [0.2, 0.25) is 5.02 Å². The molecule has 3 rings (SSSR count). The van der Waals surface area contributed by atoms with Crippen LogP contribution in [0.15, 0.2) is 35.5 Å². The molecule has 1 N–H and O–H groups in total. The van der Waals surface area contributed by atoms with Crippen LogP contribution in [0.3, 0.4) is 0 Å². The van der Waals surface area contributed by atoms with Crippen molar-refractivity contribution < 1.29 is 17.5 Å². The van der Waals surface area contributed by atoms with Gasteiger partial charge in [-0.2, -0.15) is 5.10 Å². The van der Waals surface area contributed by atoms with Crippen LogP contribution in [0.1, 0.15) is 12.8 Å². The van der Waals surface area contributed by atoms with Crippen molar-refractivity contribution in [3.05, 3.63) is 41.4 Å². The van der Waals surface area contributed by atoms with E-state index in [-0.39, 0.29) is 16.8 Å². The number of aromatic nitrogens is 2. The van der Waals surface area contributed by atoms with E-state index in [4.69, 9.17) is 16.3 Å². The van der Waals surface area contributed by atoms with Gasteiger partial charge >= 0.3 is 0 Å². The number of halogens is 2. The van der Waals surface area contributed by atoms with Gasteiger partial charge in [0.05, 0.1) is 24.5 Å². The van der Waals surface area contributed by atoms with Crippen LogP contribution in [-0.4, -0.2) is 30.9 Å². The second-order valence-electron chi connectivity index (χ2n) is 5.27. The normalized spacial score (nSPS) is 18.3. The fraction of sp³-hybridized carbons (Fsp3) is 0.357. The summed E-state index contributed by atoms with van der Waals surface area (Å²) < 4.78 is 47.7. The third kappa shape index (κ3) is 3.82. The van der Waals surface area contributed by atoms with Crippen molar-refractivity contribution in [2.45, 2.75) is 30.4 Å². The summed E-state index contributed by atoms with van der Waals surface area (Å²) in [4.78, 5) is -0.464. The van der Waals surface area contributed by atoms with Crippen molar-refractivity contribution in [1.82, 2.24) is 9.78 Å². The maximum Gasteiger partial charge on any atom is 0.264 e. The lowest BCUT2D eigenvalue weighted by atomic mass is 10.2. The van der Waals surface area contributed by atoms with Gasteiger partial charge in [-0.25, -0.2) is 12.8 Å². The fourth-order valence-corrected chi connectivity index (χ4v) is 3.66. The molecule has 0 saturated carbocycles. The Bertz CT molecular complexity index is 803. The average molecular weight is 360 g/mol. The van der Waals surface area contributed by atoms with Crippen LogP contribution in [0, 0.1) is 5.82 Å². The van der Waals surface area contributed by atoms with Gasteiger partial charge in [0, 0.05) is 17.8 Å². The molecule has 1 unspecified atom stereocenters. The van der Waals surface area contributed by atoms with E-state index in [1.807, 2.05) is 0 Å². The Hall–Kier alpha value is -1.64. The Morgan fingerprint density at radius 3 is 3.00 bits per heavy atom. The SMILES string of the molecule is O=S(=O)(Nc1cnn(CC2CCCO2)c1)c1ccc(Cl)cc1F. The topological polar surface area (TPSA) is 73.2 Å². The van der Waals surface area contributed by atoms with Crippen LogP contribution >= 0.6 is 11.6 Å². The van der Waals surface area contributed by atoms with Gasteiger partial charge in [-0.1, -0.05) is 11.6 Å². The van der Waals surface area contributed by atoms with Crippen molar-refractivity contribution in [1.29, 1.82) is 0 Å². The van der Waals surface area contributed by atoms with Crippen molar-refractivity contribution in [3.63, 3.8) is 0 Å². The molecular weight excluding hydrogens is 345 g/mol. The molecule has 0 bridgehead atoms. The molecule has 1 aliphatic rings. The van der Waals surface area contributed by atoms with E-state index >= 15 is 0 Å². The van der Waals surface area contributed by atoms with E-state index in [0.29, 0.717) is 6.54 Å². The number of rotatable bonds is 5. The highest BCUT2D eigenvalue weighted by molar-refractivity contribution is 7.92. The molecule has 1 saturated heterocycles. The molecule has 124 valence electrons. The van der Waals surface area contributed by atoms with E-state index in [9.17, 15) is 12.8 Å². The van der Waals surface area contributed by atoms with Gasteiger partial charge in [0.2, 0.25) is 0 Å². The Morgan fingerprint density at radius 1 is 1.48 bits per heavy atom. The number of benzene rings is 1. The monoisotopic (exact) mass is 359 g/mol. The van der Waals surface area contributed by atoms with Crippen LogP contribution in [0.5, 0.6) is 0 Å². The lowest BCUT2D eigenvalue weighted by Gasteiger charge is -2.09. The van der Waals surface area contributed by atoms with E-state index in [1.165, 1.54) is 12.3 Å². The minimum Gasteiger partial charge on any atom is -0.376 e. The first-order valence-electron chi connectivity index (χ1n) is 7.06. The largest absolute Gasteiger partial charge is 0.376 e. The molecule has 0 aliphatic carbocycles.